The van der Waals surface area contributed by atoms with Crippen molar-refractivity contribution in [1.29, 1.82) is 0 Å². The molecule has 1 fully saturated rings. The highest BCUT2D eigenvalue weighted by Gasteiger charge is 2.13. The molecule has 1 aromatic heterocycles. The van der Waals surface area contributed by atoms with Gasteiger partial charge in [0.2, 0.25) is 0 Å². The van der Waals surface area contributed by atoms with Crippen LogP contribution >= 0.6 is 0 Å². The van der Waals surface area contributed by atoms with Crippen molar-refractivity contribution in [2.75, 3.05) is 36.5 Å². The van der Waals surface area contributed by atoms with Crippen molar-refractivity contribution in [3.05, 3.63) is 18.3 Å². The summed E-state index contributed by atoms with van der Waals surface area (Å²) in [5.74, 6) is 1.05. The largest absolute Gasteiger partial charge is 0.379 e. The molecule has 100 valence electrons. The van der Waals surface area contributed by atoms with E-state index in [2.05, 4.69) is 41.2 Å². The molecule has 1 N–H and O–H groups in total. The summed E-state index contributed by atoms with van der Waals surface area (Å²) in [6.45, 7) is 7.99. The minimum atomic E-state index is 0.430. The zero-order valence-corrected chi connectivity index (χ0v) is 11.4. The summed E-state index contributed by atoms with van der Waals surface area (Å²) < 4.78 is 5.46. The van der Waals surface area contributed by atoms with Gasteiger partial charge in [0.05, 0.1) is 18.5 Å². The van der Waals surface area contributed by atoms with E-state index in [0.29, 0.717) is 6.04 Å². The van der Waals surface area contributed by atoms with E-state index in [1.165, 1.54) is 6.42 Å². The van der Waals surface area contributed by atoms with Crippen molar-refractivity contribution < 1.29 is 4.74 Å². The molecule has 1 atom stereocenters. The molecule has 4 heteroatoms. The van der Waals surface area contributed by atoms with Crippen LogP contribution in [0.25, 0.3) is 0 Å². The number of rotatable bonds is 5. The lowest BCUT2D eigenvalue weighted by Crippen LogP contribution is -2.30. The van der Waals surface area contributed by atoms with Gasteiger partial charge in [-0.3, -0.25) is 0 Å². The molecule has 1 saturated heterocycles. The lowest BCUT2D eigenvalue weighted by molar-refractivity contribution is 0.0876. The fourth-order valence-corrected chi connectivity index (χ4v) is 2.30. The smallest absolute Gasteiger partial charge is 0.128 e. The maximum Gasteiger partial charge on any atom is 0.128 e. The monoisotopic (exact) mass is 249 g/mol. The molecule has 1 aliphatic heterocycles. The highest BCUT2D eigenvalue weighted by atomic mass is 16.5. The van der Waals surface area contributed by atoms with E-state index in [9.17, 15) is 0 Å². The van der Waals surface area contributed by atoms with E-state index < -0.39 is 0 Å². The molecule has 0 aliphatic carbocycles. The van der Waals surface area contributed by atoms with Crippen molar-refractivity contribution in [1.82, 2.24) is 4.98 Å². The van der Waals surface area contributed by atoms with Crippen LogP contribution in [0, 0.1) is 0 Å². The Morgan fingerprint density at radius 1 is 1.39 bits per heavy atom. The predicted molar refractivity (Wildman–Crippen MR) is 75.3 cm³/mol. The highest BCUT2D eigenvalue weighted by molar-refractivity contribution is 5.49. The topological polar surface area (TPSA) is 37.4 Å². The normalized spacial score (nSPS) is 19.6. The first-order valence-corrected chi connectivity index (χ1v) is 6.88. The van der Waals surface area contributed by atoms with E-state index in [1.807, 2.05) is 6.20 Å². The standard InChI is InChI=1S/C14H23N3O/c1-3-17(4-2)14-8-7-12(10-15-14)16-13-6-5-9-18-11-13/h7-8,10,13,16H,3-6,9,11H2,1-2H3. The van der Waals surface area contributed by atoms with Gasteiger partial charge in [0.15, 0.2) is 0 Å². The second kappa shape index (κ2) is 6.59. The Morgan fingerprint density at radius 2 is 2.22 bits per heavy atom. The second-order valence-corrected chi connectivity index (χ2v) is 4.64. The quantitative estimate of drug-likeness (QED) is 0.870. The first-order valence-electron chi connectivity index (χ1n) is 6.88. The van der Waals surface area contributed by atoms with E-state index in [4.69, 9.17) is 4.74 Å². The minimum Gasteiger partial charge on any atom is -0.379 e. The van der Waals surface area contributed by atoms with Crippen molar-refractivity contribution in [3.63, 3.8) is 0 Å². The van der Waals surface area contributed by atoms with Gasteiger partial charge in [-0.05, 0) is 38.8 Å². The molecular formula is C14H23N3O. The van der Waals surface area contributed by atoms with Crippen molar-refractivity contribution in [2.45, 2.75) is 32.7 Å². The predicted octanol–water partition coefficient (Wildman–Crippen LogP) is 2.52. The number of pyridine rings is 1. The first kappa shape index (κ1) is 13.1. The maximum atomic E-state index is 5.46. The third-order valence-corrected chi connectivity index (χ3v) is 3.37. The number of nitrogens with one attached hydrogen (secondary N) is 1. The Bertz CT molecular complexity index is 343. The number of ether oxygens (including phenoxy) is 1. The third-order valence-electron chi connectivity index (χ3n) is 3.37. The number of anilines is 2. The van der Waals surface area contributed by atoms with Gasteiger partial charge in [-0.25, -0.2) is 4.98 Å². The van der Waals surface area contributed by atoms with Crippen LogP contribution in [0.1, 0.15) is 26.7 Å². The van der Waals surface area contributed by atoms with E-state index >= 15 is 0 Å². The molecular weight excluding hydrogens is 226 g/mol. The Hall–Kier alpha value is -1.29. The first-order chi connectivity index (χ1) is 8.83. The average Bonchev–Trinajstić information content (AvgIpc) is 2.43. The lowest BCUT2D eigenvalue weighted by Gasteiger charge is -2.24. The van der Waals surface area contributed by atoms with Gasteiger partial charge in [0.25, 0.3) is 0 Å². The summed E-state index contributed by atoms with van der Waals surface area (Å²) in [6.07, 6.45) is 4.24. The molecule has 18 heavy (non-hydrogen) atoms. The summed E-state index contributed by atoms with van der Waals surface area (Å²) in [7, 11) is 0. The molecule has 1 unspecified atom stereocenters. The Kier molecular flexibility index (Phi) is 4.81. The fraction of sp³-hybridized carbons (Fsp3) is 0.643. The number of hydrogen-bond acceptors (Lipinski definition) is 4. The Balaban J connectivity index is 1.94. The number of aromatic nitrogens is 1. The van der Waals surface area contributed by atoms with Crippen LogP contribution in [-0.4, -0.2) is 37.3 Å². The molecule has 0 spiro atoms. The van der Waals surface area contributed by atoms with Crippen LogP contribution in [0.5, 0.6) is 0 Å². The van der Waals surface area contributed by atoms with Gasteiger partial charge >= 0.3 is 0 Å². The van der Waals surface area contributed by atoms with Crippen LogP contribution in [0.4, 0.5) is 11.5 Å². The van der Waals surface area contributed by atoms with Gasteiger partial charge in [0, 0.05) is 25.7 Å². The molecule has 4 nitrogen and oxygen atoms in total. The van der Waals surface area contributed by atoms with Crippen molar-refractivity contribution in [2.24, 2.45) is 0 Å². The van der Waals surface area contributed by atoms with Crippen LogP contribution in [0.15, 0.2) is 18.3 Å². The molecule has 0 saturated carbocycles. The van der Waals surface area contributed by atoms with Gasteiger partial charge in [-0.1, -0.05) is 0 Å². The molecule has 2 heterocycles. The SMILES string of the molecule is CCN(CC)c1ccc(NC2CCCOC2)cn1. The molecule has 0 bridgehead atoms. The van der Waals surface area contributed by atoms with E-state index in [-0.39, 0.29) is 0 Å². The summed E-state index contributed by atoms with van der Waals surface area (Å²) >= 11 is 0. The van der Waals surface area contributed by atoms with Gasteiger partial charge in [-0.2, -0.15) is 0 Å². The molecule has 1 aliphatic rings. The summed E-state index contributed by atoms with van der Waals surface area (Å²) in [4.78, 5) is 6.75. The zero-order chi connectivity index (χ0) is 12.8. The summed E-state index contributed by atoms with van der Waals surface area (Å²) in [5, 5.41) is 3.48. The summed E-state index contributed by atoms with van der Waals surface area (Å²) in [5.41, 5.74) is 1.08. The highest BCUT2D eigenvalue weighted by Crippen LogP contribution is 2.17. The van der Waals surface area contributed by atoms with Crippen LogP contribution in [0.3, 0.4) is 0 Å². The zero-order valence-electron chi connectivity index (χ0n) is 11.4. The van der Waals surface area contributed by atoms with Crippen LogP contribution < -0.4 is 10.2 Å². The van der Waals surface area contributed by atoms with Gasteiger partial charge in [-0.15, -0.1) is 0 Å². The lowest BCUT2D eigenvalue weighted by atomic mass is 10.1. The molecule has 0 aromatic carbocycles. The van der Waals surface area contributed by atoms with Crippen molar-refractivity contribution in [3.8, 4) is 0 Å². The van der Waals surface area contributed by atoms with E-state index in [0.717, 1.165) is 44.2 Å². The Morgan fingerprint density at radius 3 is 2.78 bits per heavy atom. The maximum absolute atomic E-state index is 5.46. The van der Waals surface area contributed by atoms with Crippen LogP contribution in [-0.2, 0) is 4.74 Å². The molecule has 0 radical (unpaired) electrons. The third kappa shape index (κ3) is 3.35. The fourth-order valence-electron chi connectivity index (χ4n) is 2.30. The minimum absolute atomic E-state index is 0.430. The van der Waals surface area contributed by atoms with E-state index in [1.54, 1.807) is 0 Å². The van der Waals surface area contributed by atoms with Gasteiger partial charge < -0.3 is 15.0 Å². The molecule has 1 aromatic rings. The number of hydrogen-bond donors (Lipinski definition) is 1. The Labute approximate surface area is 109 Å². The van der Waals surface area contributed by atoms with Crippen molar-refractivity contribution >= 4 is 11.5 Å². The molecule has 2 rings (SSSR count). The van der Waals surface area contributed by atoms with Gasteiger partial charge in [0.1, 0.15) is 5.82 Å². The van der Waals surface area contributed by atoms with Crippen LogP contribution in [0.2, 0.25) is 0 Å². The average molecular weight is 249 g/mol. The second-order valence-electron chi connectivity index (χ2n) is 4.64. The molecule has 0 amide bonds. The summed E-state index contributed by atoms with van der Waals surface area (Å²) in [6, 6.07) is 4.62. The number of nitrogens with zero attached hydrogens (tertiary/aromatic N) is 2.